The number of hydrogen-bond acceptors (Lipinski definition) is 1. The van der Waals surface area contributed by atoms with Crippen molar-refractivity contribution in [2.24, 2.45) is 10.4 Å². The molecule has 0 N–H and O–H groups in total. The summed E-state index contributed by atoms with van der Waals surface area (Å²) in [5, 5.41) is 0. The fraction of sp³-hybridized carbons (Fsp3) is 0.444. The quantitative estimate of drug-likeness (QED) is 0.418. The molecule has 0 aliphatic heterocycles. The highest BCUT2D eigenvalue weighted by atomic mass is 14.6. The van der Waals surface area contributed by atoms with E-state index in [0.717, 1.165) is 0 Å². The first kappa shape index (κ1) is 9.15. The first-order valence-electron chi connectivity index (χ1n) is 3.36. The molecule has 1 heteroatoms. The molecular weight excluding hydrogens is 122 g/mol. The van der Waals surface area contributed by atoms with Crippen LogP contribution in [-0.2, 0) is 0 Å². The Labute approximate surface area is 63.2 Å². The fourth-order valence-corrected chi connectivity index (χ4v) is 0.692. The minimum Gasteiger partial charge on any atom is -0.300 e. The van der Waals surface area contributed by atoms with Crippen molar-refractivity contribution in [1.29, 1.82) is 0 Å². The Kier molecular flexibility index (Phi) is 3.70. The van der Waals surface area contributed by atoms with E-state index >= 15 is 0 Å². The second-order valence-electron chi connectivity index (χ2n) is 2.80. The lowest BCUT2D eigenvalue weighted by molar-refractivity contribution is 0.693. The van der Waals surface area contributed by atoms with Crippen LogP contribution in [0, 0.1) is 5.41 Å². The molecule has 10 heavy (non-hydrogen) atoms. The second kappa shape index (κ2) is 4.04. The SMILES string of the molecule is C=C/C=C\C(C)(C)C=NC. The van der Waals surface area contributed by atoms with Gasteiger partial charge in [-0.2, -0.15) is 0 Å². The minimum absolute atomic E-state index is 0.0585. The van der Waals surface area contributed by atoms with Gasteiger partial charge in [-0.25, -0.2) is 0 Å². The smallest absolute Gasteiger partial charge is 0.0273 e. The van der Waals surface area contributed by atoms with E-state index in [9.17, 15) is 0 Å². The summed E-state index contributed by atoms with van der Waals surface area (Å²) < 4.78 is 0. The van der Waals surface area contributed by atoms with E-state index in [1.54, 1.807) is 13.1 Å². The first-order chi connectivity index (χ1) is 4.62. The topological polar surface area (TPSA) is 12.4 Å². The van der Waals surface area contributed by atoms with Crippen LogP contribution in [0.2, 0.25) is 0 Å². The van der Waals surface area contributed by atoms with Gasteiger partial charge in [-0.05, 0) is 0 Å². The molecule has 0 rings (SSSR count). The highest BCUT2D eigenvalue weighted by Crippen LogP contribution is 2.12. The van der Waals surface area contributed by atoms with Gasteiger partial charge >= 0.3 is 0 Å². The van der Waals surface area contributed by atoms with Crippen LogP contribution in [0.5, 0.6) is 0 Å². The normalized spacial score (nSPS) is 13.1. The van der Waals surface area contributed by atoms with Crippen molar-refractivity contribution < 1.29 is 0 Å². The predicted octanol–water partition coefficient (Wildman–Crippen LogP) is 2.46. The number of nitrogens with zero attached hydrogens (tertiary/aromatic N) is 1. The molecule has 0 aliphatic carbocycles. The van der Waals surface area contributed by atoms with Crippen molar-refractivity contribution in [2.75, 3.05) is 7.05 Å². The fourth-order valence-electron chi connectivity index (χ4n) is 0.692. The Morgan fingerprint density at radius 3 is 2.40 bits per heavy atom. The van der Waals surface area contributed by atoms with Crippen molar-refractivity contribution in [2.45, 2.75) is 13.8 Å². The Bertz CT molecular complexity index is 152. The third-order valence-corrected chi connectivity index (χ3v) is 1.12. The number of aliphatic imine (C=N–C) groups is 1. The maximum atomic E-state index is 3.95. The molecule has 0 bridgehead atoms. The summed E-state index contributed by atoms with van der Waals surface area (Å²) >= 11 is 0. The molecule has 0 spiro atoms. The van der Waals surface area contributed by atoms with E-state index in [-0.39, 0.29) is 5.41 Å². The molecule has 0 atom stereocenters. The highest BCUT2D eigenvalue weighted by Gasteiger charge is 2.07. The zero-order valence-corrected chi connectivity index (χ0v) is 6.96. The van der Waals surface area contributed by atoms with Crippen molar-refractivity contribution in [1.82, 2.24) is 0 Å². The van der Waals surface area contributed by atoms with Gasteiger partial charge in [0.2, 0.25) is 0 Å². The van der Waals surface area contributed by atoms with Crippen LogP contribution in [-0.4, -0.2) is 13.3 Å². The average Bonchev–Trinajstić information content (AvgIpc) is 1.84. The van der Waals surface area contributed by atoms with Crippen molar-refractivity contribution in [3.05, 3.63) is 24.8 Å². The molecule has 0 amide bonds. The van der Waals surface area contributed by atoms with Gasteiger partial charge in [-0.15, -0.1) is 0 Å². The largest absolute Gasteiger partial charge is 0.300 e. The van der Waals surface area contributed by atoms with E-state index in [1.165, 1.54) is 0 Å². The summed E-state index contributed by atoms with van der Waals surface area (Å²) in [4.78, 5) is 3.95. The predicted molar refractivity (Wildman–Crippen MR) is 47.5 cm³/mol. The molecule has 0 unspecified atom stereocenters. The van der Waals surface area contributed by atoms with Crippen molar-refractivity contribution in [3.8, 4) is 0 Å². The summed E-state index contributed by atoms with van der Waals surface area (Å²) in [5.74, 6) is 0. The maximum absolute atomic E-state index is 3.95. The van der Waals surface area contributed by atoms with E-state index in [2.05, 4.69) is 31.5 Å². The zero-order chi connectivity index (χ0) is 8.04. The molecule has 0 aromatic rings. The highest BCUT2D eigenvalue weighted by molar-refractivity contribution is 5.67. The van der Waals surface area contributed by atoms with E-state index in [4.69, 9.17) is 0 Å². The third-order valence-electron chi connectivity index (χ3n) is 1.12. The van der Waals surface area contributed by atoms with Gasteiger partial charge < -0.3 is 0 Å². The lowest BCUT2D eigenvalue weighted by Gasteiger charge is -2.11. The van der Waals surface area contributed by atoms with Gasteiger partial charge in [0.15, 0.2) is 0 Å². The zero-order valence-electron chi connectivity index (χ0n) is 6.96. The molecule has 0 fully saturated rings. The van der Waals surface area contributed by atoms with E-state index < -0.39 is 0 Å². The molecule has 0 heterocycles. The minimum atomic E-state index is 0.0585. The van der Waals surface area contributed by atoms with Gasteiger partial charge in [0.1, 0.15) is 0 Å². The lowest BCUT2D eigenvalue weighted by atomic mass is 9.95. The van der Waals surface area contributed by atoms with Crippen LogP contribution in [0.4, 0.5) is 0 Å². The number of allylic oxidation sites excluding steroid dienone is 3. The molecule has 0 saturated heterocycles. The summed E-state index contributed by atoms with van der Waals surface area (Å²) in [5.41, 5.74) is 0.0585. The van der Waals surface area contributed by atoms with E-state index in [1.807, 2.05) is 12.3 Å². The van der Waals surface area contributed by atoms with Gasteiger partial charge in [-0.3, -0.25) is 4.99 Å². The lowest BCUT2D eigenvalue weighted by Crippen LogP contribution is -2.08. The second-order valence-corrected chi connectivity index (χ2v) is 2.80. The van der Waals surface area contributed by atoms with Crippen LogP contribution in [0.1, 0.15) is 13.8 Å². The average molecular weight is 137 g/mol. The van der Waals surface area contributed by atoms with Gasteiger partial charge in [0.25, 0.3) is 0 Å². The number of rotatable bonds is 3. The maximum Gasteiger partial charge on any atom is 0.0273 e. The molecule has 0 aliphatic rings. The molecule has 0 saturated carbocycles. The summed E-state index contributed by atoms with van der Waals surface area (Å²) in [7, 11) is 1.78. The first-order valence-corrected chi connectivity index (χ1v) is 3.36. The monoisotopic (exact) mass is 137 g/mol. The van der Waals surface area contributed by atoms with Gasteiger partial charge in [0.05, 0.1) is 0 Å². The number of hydrogen-bond donors (Lipinski definition) is 0. The Hall–Kier alpha value is -0.850. The van der Waals surface area contributed by atoms with Gasteiger partial charge in [-0.1, -0.05) is 38.7 Å². The summed E-state index contributed by atoms with van der Waals surface area (Å²) in [6.45, 7) is 7.79. The van der Waals surface area contributed by atoms with Crippen LogP contribution < -0.4 is 0 Å². The van der Waals surface area contributed by atoms with Crippen LogP contribution in [0.25, 0.3) is 0 Å². The molecule has 56 valence electrons. The standard InChI is InChI=1S/C9H15N/c1-5-6-7-9(2,3)8-10-4/h5-8H,1H2,2-4H3/b7-6-,10-8?. The van der Waals surface area contributed by atoms with Crippen LogP contribution in [0.15, 0.2) is 29.8 Å². The molecule has 0 aromatic heterocycles. The molecule has 0 radical (unpaired) electrons. The molecule has 0 aromatic carbocycles. The summed E-state index contributed by atoms with van der Waals surface area (Å²) in [6.07, 6.45) is 7.67. The third kappa shape index (κ3) is 4.07. The Morgan fingerprint density at radius 1 is 1.40 bits per heavy atom. The summed E-state index contributed by atoms with van der Waals surface area (Å²) in [6, 6.07) is 0. The van der Waals surface area contributed by atoms with Crippen molar-refractivity contribution >= 4 is 6.21 Å². The Balaban J connectivity index is 4.10. The van der Waals surface area contributed by atoms with E-state index in [0.29, 0.717) is 0 Å². The van der Waals surface area contributed by atoms with Crippen LogP contribution in [0.3, 0.4) is 0 Å². The Morgan fingerprint density at radius 2 is 2.00 bits per heavy atom. The van der Waals surface area contributed by atoms with Crippen LogP contribution >= 0.6 is 0 Å². The van der Waals surface area contributed by atoms with Crippen molar-refractivity contribution in [3.63, 3.8) is 0 Å². The molecule has 1 nitrogen and oxygen atoms in total. The molecular formula is C9H15N. The van der Waals surface area contributed by atoms with Gasteiger partial charge in [0, 0.05) is 18.7 Å².